The third-order valence-corrected chi connectivity index (χ3v) is 4.21. The molecule has 25 heavy (non-hydrogen) atoms. The van der Waals surface area contributed by atoms with Gasteiger partial charge in [0.15, 0.2) is 5.05 Å². The molecule has 0 aliphatic heterocycles. The molecule has 2 aromatic rings. The highest BCUT2D eigenvalue weighted by Gasteiger charge is 2.28. The first-order valence-corrected chi connectivity index (χ1v) is 8.82. The van der Waals surface area contributed by atoms with Crippen LogP contribution in [0.15, 0.2) is 60.7 Å². The summed E-state index contributed by atoms with van der Waals surface area (Å²) in [6.45, 7) is 7.88. The van der Waals surface area contributed by atoms with Crippen LogP contribution in [-0.2, 0) is 4.74 Å². The molecule has 0 radical (unpaired) electrons. The van der Waals surface area contributed by atoms with Gasteiger partial charge < -0.3 is 10.1 Å². The van der Waals surface area contributed by atoms with Crippen LogP contribution >= 0.6 is 12.2 Å². The summed E-state index contributed by atoms with van der Waals surface area (Å²) in [6, 6.07) is 18.8. The summed E-state index contributed by atoms with van der Waals surface area (Å²) in [6.07, 6.45) is 0. The van der Waals surface area contributed by atoms with Gasteiger partial charge in [0.25, 0.3) is 5.91 Å². The number of rotatable bonds is 5. The molecule has 0 saturated heterocycles. The van der Waals surface area contributed by atoms with Gasteiger partial charge in [0.2, 0.25) is 0 Å². The first-order chi connectivity index (χ1) is 11.8. The highest BCUT2D eigenvalue weighted by Crippen LogP contribution is 2.26. The van der Waals surface area contributed by atoms with Crippen molar-refractivity contribution >= 4 is 23.2 Å². The van der Waals surface area contributed by atoms with Gasteiger partial charge in [-0.2, -0.15) is 0 Å². The van der Waals surface area contributed by atoms with Crippen LogP contribution in [0, 0.1) is 5.92 Å². The Morgan fingerprint density at radius 1 is 1.00 bits per heavy atom. The molecule has 4 heteroatoms. The lowest BCUT2D eigenvalue weighted by molar-refractivity contribution is 0.0911. The molecular formula is C21H25NO2S. The lowest BCUT2D eigenvalue weighted by atomic mass is 9.94. The molecule has 0 aromatic heterocycles. The van der Waals surface area contributed by atoms with Gasteiger partial charge in [-0.3, -0.25) is 4.79 Å². The molecule has 2 atom stereocenters. The molecular weight excluding hydrogens is 330 g/mol. The molecule has 0 bridgehead atoms. The Balaban J connectivity index is 2.25. The smallest absolute Gasteiger partial charge is 0.251 e. The second kappa shape index (κ2) is 8.26. The van der Waals surface area contributed by atoms with Crippen LogP contribution in [-0.4, -0.2) is 16.6 Å². The number of amides is 1. The monoisotopic (exact) mass is 355 g/mol. The van der Waals surface area contributed by atoms with Crippen LogP contribution in [0.25, 0.3) is 0 Å². The lowest BCUT2D eigenvalue weighted by Gasteiger charge is -2.30. The third kappa shape index (κ3) is 5.68. The van der Waals surface area contributed by atoms with Gasteiger partial charge in [-0.25, -0.2) is 0 Å². The van der Waals surface area contributed by atoms with E-state index >= 15 is 0 Å². The number of benzene rings is 2. The molecule has 1 N–H and O–H groups in total. The summed E-state index contributed by atoms with van der Waals surface area (Å²) in [5.74, 6) is -0.274. The predicted octanol–water partition coefficient (Wildman–Crippen LogP) is 4.94. The number of ether oxygens (including phenoxy) is 1. The Morgan fingerprint density at radius 3 is 2.04 bits per heavy atom. The average Bonchev–Trinajstić information content (AvgIpc) is 2.59. The average molecular weight is 356 g/mol. The van der Waals surface area contributed by atoms with E-state index in [-0.39, 0.29) is 23.5 Å². The Labute approximate surface area is 155 Å². The summed E-state index contributed by atoms with van der Waals surface area (Å²) in [4.78, 5) is 12.6. The molecule has 0 fully saturated rings. The number of hydrogen-bond acceptors (Lipinski definition) is 3. The Kier molecular flexibility index (Phi) is 6.32. The van der Waals surface area contributed by atoms with E-state index in [1.165, 1.54) is 0 Å². The number of thiocarbonyl (C=S) groups is 1. The molecule has 0 aliphatic rings. The van der Waals surface area contributed by atoms with Gasteiger partial charge in [-0.1, -0.05) is 55.5 Å². The van der Waals surface area contributed by atoms with E-state index in [1.807, 2.05) is 76.2 Å². The van der Waals surface area contributed by atoms with E-state index in [0.29, 0.717) is 10.6 Å². The summed E-state index contributed by atoms with van der Waals surface area (Å²) in [5, 5.41) is 3.60. The number of nitrogens with one attached hydrogen (secondary N) is 1. The normalized spacial score (nSPS) is 13.6. The van der Waals surface area contributed by atoms with Crippen molar-refractivity contribution in [2.75, 3.05) is 0 Å². The minimum absolute atomic E-state index is 0.125. The molecule has 132 valence electrons. The van der Waals surface area contributed by atoms with Crippen molar-refractivity contribution in [2.45, 2.75) is 39.3 Å². The van der Waals surface area contributed by atoms with E-state index in [4.69, 9.17) is 17.0 Å². The van der Waals surface area contributed by atoms with Crippen molar-refractivity contribution in [2.24, 2.45) is 5.92 Å². The van der Waals surface area contributed by atoms with Crippen LogP contribution in [0.5, 0.6) is 0 Å². The van der Waals surface area contributed by atoms with Crippen molar-refractivity contribution in [1.29, 1.82) is 0 Å². The van der Waals surface area contributed by atoms with Gasteiger partial charge in [-0.05, 0) is 50.7 Å². The Morgan fingerprint density at radius 2 is 1.52 bits per heavy atom. The summed E-state index contributed by atoms with van der Waals surface area (Å²) in [5.41, 5.74) is 1.26. The molecule has 1 amide bonds. The predicted molar refractivity (Wildman–Crippen MR) is 106 cm³/mol. The van der Waals surface area contributed by atoms with E-state index in [2.05, 4.69) is 5.32 Å². The fourth-order valence-electron chi connectivity index (χ4n) is 2.50. The number of hydrogen-bond donors (Lipinski definition) is 1. The van der Waals surface area contributed by atoms with E-state index < -0.39 is 0 Å². The van der Waals surface area contributed by atoms with Gasteiger partial charge in [0, 0.05) is 11.5 Å². The topological polar surface area (TPSA) is 38.3 Å². The van der Waals surface area contributed by atoms with Crippen LogP contribution in [0.1, 0.15) is 49.7 Å². The van der Waals surface area contributed by atoms with Crippen molar-refractivity contribution in [3.63, 3.8) is 0 Å². The van der Waals surface area contributed by atoms with Crippen molar-refractivity contribution in [3.05, 3.63) is 71.8 Å². The quantitative estimate of drug-likeness (QED) is 0.772. The third-order valence-electron chi connectivity index (χ3n) is 3.76. The maximum Gasteiger partial charge on any atom is 0.251 e. The number of carbonyl (C=O) groups is 1. The summed E-state index contributed by atoms with van der Waals surface area (Å²) in [7, 11) is 0. The molecule has 0 unspecified atom stereocenters. The second-order valence-electron chi connectivity index (χ2n) is 7.05. The molecule has 3 nitrogen and oxygen atoms in total. The Bertz CT molecular complexity index is 708. The standard InChI is InChI=1S/C21H25NO2S/c1-15(20(25)24-21(2,3)4)18(16-11-7-5-8-12-16)22-19(23)17-13-9-6-10-14-17/h5-15,18H,1-4H3,(H,22,23)/t15-,18+/m1/s1. The second-order valence-corrected chi connectivity index (χ2v) is 7.45. The van der Waals surface area contributed by atoms with Gasteiger partial charge in [-0.15, -0.1) is 0 Å². The first kappa shape index (κ1) is 19.1. The largest absolute Gasteiger partial charge is 0.481 e. The molecule has 2 rings (SSSR count). The van der Waals surface area contributed by atoms with Crippen LogP contribution < -0.4 is 5.32 Å². The zero-order valence-electron chi connectivity index (χ0n) is 15.2. The van der Waals surface area contributed by atoms with Gasteiger partial charge >= 0.3 is 0 Å². The number of carbonyl (C=O) groups excluding carboxylic acids is 1. The summed E-state index contributed by atoms with van der Waals surface area (Å²) < 4.78 is 5.87. The van der Waals surface area contributed by atoms with Crippen molar-refractivity contribution in [3.8, 4) is 0 Å². The van der Waals surface area contributed by atoms with E-state index in [9.17, 15) is 4.79 Å². The molecule has 0 aliphatic carbocycles. The zero-order valence-corrected chi connectivity index (χ0v) is 16.0. The fourth-order valence-corrected chi connectivity index (χ4v) is 2.89. The molecule has 0 saturated carbocycles. The molecule has 0 spiro atoms. The van der Waals surface area contributed by atoms with Crippen LogP contribution in [0.2, 0.25) is 0 Å². The minimum atomic E-state index is -0.365. The van der Waals surface area contributed by atoms with Gasteiger partial charge in [0.05, 0.1) is 6.04 Å². The highest BCUT2D eigenvalue weighted by molar-refractivity contribution is 7.80. The lowest BCUT2D eigenvalue weighted by Crippen LogP contribution is -2.37. The zero-order chi connectivity index (χ0) is 18.4. The van der Waals surface area contributed by atoms with Crippen molar-refractivity contribution < 1.29 is 9.53 Å². The summed E-state index contributed by atoms with van der Waals surface area (Å²) >= 11 is 5.50. The highest BCUT2D eigenvalue weighted by atomic mass is 32.1. The van der Waals surface area contributed by atoms with Crippen molar-refractivity contribution in [1.82, 2.24) is 5.32 Å². The first-order valence-electron chi connectivity index (χ1n) is 8.41. The SMILES string of the molecule is C[C@@H](C(=S)OC(C)(C)C)[C@H](NC(=O)c1ccccc1)c1ccccc1. The minimum Gasteiger partial charge on any atom is -0.481 e. The van der Waals surface area contributed by atoms with Crippen LogP contribution in [0.4, 0.5) is 0 Å². The maximum atomic E-state index is 12.6. The van der Waals surface area contributed by atoms with E-state index in [1.54, 1.807) is 12.1 Å². The van der Waals surface area contributed by atoms with E-state index in [0.717, 1.165) is 5.56 Å². The van der Waals surface area contributed by atoms with Crippen LogP contribution in [0.3, 0.4) is 0 Å². The fraction of sp³-hybridized carbons (Fsp3) is 0.333. The molecule has 2 aromatic carbocycles. The van der Waals surface area contributed by atoms with Gasteiger partial charge in [0.1, 0.15) is 5.60 Å². The molecule has 0 heterocycles. The Hall–Kier alpha value is -2.20. The maximum absolute atomic E-state index is 12.6.